The number of fused-ring (bicyclic) bond motifs is 1. The third-order valence-electron chi connectivity index (χ3n) is 3.87. The van der Waals surface area contributed by atoms with Crippen molar-refractivity contribution in [2.45, 2.75) is 12.3 Å². The lowest BCUT2D eigenvalue weighted by molar-refractivity contribution is -0.117. The molecule has 2 aromatic rings. The molecule has 0 saturated heterocycles. The normalized spacial score (nSPS) is 16.1. The first-order valence-corrected chi connectivity index (χ1v) is 7.31. The van der Waals surface area contributed by atoms with Crippen molar-refractivity contribution in [1.82, 2.24) is 0 Å². The first-order chi connectivity index (χ1) is 10.6. The van der Waals surface area contributed by atoms with E-state index in [9.17, 15) is 4.79 Å². The predicted octanol–water partition coefficient (Wildman–Crippen LogP) is 3.64. The van der Waals surface area contributed by atoms with E-state index in [0.717, 1.165) is 28.3 Å². The molecule has 1 N–H and O–H groups in total. The number of carbonyl (C=O) groups is 1. The number of hydrogen-bond acceptors (Lipinski definition) is 3. The van der Waals surface area contributed by atoms with Crippen LogP contribution in [0.25, 0.3) is 0 Å². The van der Waals surface area contributed by atoms with Gasteiger partial charge in [0.25, 0.3) is 0 Å². The van der Waals surface area contributed by atoms with Crippen molar-refractivity contribution in [3.05, 3.63) is 52.5 Å². The average Bonchev–Trinajstić information content (AvgIpc) is 2.83. The van der Waals surface area contributed by atoms with Crippen LogP contribution < -0.4 is 14.8 Å². The van der Waals surface area contributed by atoms with Crippen LogP contribution in [0.15, 0.2) is 36.4 Å². The lowest BCUT2D eigenvalue weighted by Gasteiger charge is -2.14. The molecular formula is C17H16ClNO3. The van der Waals surface area contributed by atoms with E-state index in [0.29, 0.717) is 11.4 Å². The Morgan fingerprint density at radius 1 is 1.14 bits per heavy atom. The lowest BCUT2D eigenvalue weighted by atomic mass is 9.92. The highest BCUT2D eigenvalue weighted by atomic mass is 35.5. The van der Waals surface area contributed by atoms with Gasteiger partial charge in [-0.15, -0.1) is 0 Å². The highest BCUT2D eigenvalue weighted by Gasteiger charge is 2.31. The molecule has 0 aromatic heterocycles. The Hall–Kier alpha value is -2.20. The molecule has 0 unspecified atom stereocenters. The summed E-state index contributed by atoms with van der Waals surface area (Å²) in [5, 5.41) is 3.51. The molecule has 0 radical (unpaired) electrons. The van der Waals surface area contributed by atoms with Crippen molar-refractivity contribution in [3.63, 3.8) is 0 Å². The summed E-state index contributed by atoms with van der Waals surface area (Å²) in [4.78, 5) is 12.3. The van der Waals surface area contributed by atoms with E-state index in [1.165, 1.54) is 0 Å². The smallest absolute Gasteiger partial charge is 0.232 e. The third-order valence-corrected chi connectivity index (χ3v) is 4.11. The van der Waals surface area contributed by atoms with Crippen LogP contribution in [0.2, 0.25) is 5.02 Å². The number of methoxy groups -OCH3 is 2. The summed E-state index contributed by atoms with van der Waals surface area (Å²) in [5.74, 6) is 1.17. The van der Waals surface area contributed by atoms with E-state index < -0.39 is 0 Å². The number of ether oxygens (including phenoxy) is 2. The SMILES string of the molecule is COc1ccc(OC)c(C[C@H]2C(=O)Nc3ccc(Cl)cc32)c1. The highest BCUT2D eigenvalue weighted by Crippen LogP contribution is 2.38. The number of nitrogens with one attached hydrogen (secondary N) is 1. The van der Waals surface area contributed by atoms with Gasteiger partial charge in [-0.3, -0.25) is 4.79 Å². The van der Waals surface area contributed by atoms with Gasteiger partial charge in [0, 0.05) is 10.7 Å². The molecule has 0 aliphatic carbocycles. The summed E-state index contributed by atoms with van der Waals surface area (Å²) in [6, 6.07) is 11.0. The van der Waals surface area contributed by atoms with E-state index in [2.05, 4.69) is 5.32 Å². The molecule has 4 nitrogen and oxygen atoms in total. The van der Waals surface area contributed by atoms with Gasteiger partial charge in [0.05, 0.1) is 20.1 Å². The molecule has 22 heavy (non-hydrogen) atoms. The Morgan fingerprint density at radius 2 is 1.95 bits per heavy atom. The maximum absolute atomic E-state index is 12.3. The molecule has 1 aliphatic rings. The van der Waals surface area contributed by atoms with Crippen LogP contribution in [0.3, 0.4) is 0 Å². The molecule has 0 saturated carbocycles. The molecule has 114 valence electrons. The number of hydrogen-bond donors (Lipinski definition) is 1. The Bertz CT molecular complexity index is 730. The summed E-state index contributed by atoms with van der Waals surface area (Å²) in [6.07, 6.45) is 0.527. The topological polar surface area (TPSA) is 47.6 Å². The van der Waals surface area contributed by atoms with Crippen LogP contribution >= 0.6 is 11.6 Å². The Morgan fingerprint density at radius 3 is 2.68 bits per heavy atom. The van der Waals surface area contributed by atoms with E-state index in [-0.39, 0.29) is 11.8 Å². The second-order valence-electron chi connectivity index (χ2n) is 5.16. The molecule has 5 heteroatoms. The van der Waals surface area contributed by atoms with Gasteiger partial charge in [-0.05, 0) is 53.9 Å². The van der Waals surface area contributed by atoms with Gasteiger partial charge in [0.1, 0.15) is 11.5 Å². The zero-order chi connectivity index (χ0) is 15.7. The van der Waals surface area contributed by atoms with Crippen LogP contribution in [0.4, 0.5) is 5.69 Å². The van der Waals surface area contributed by atoms with Crippen molar-refractivity contribution < 1.29 is 14.3 Å². The van der Waals surface area contributed by atoms with Gasteiger partial charge in [-0.25, -0.2) is 0 Å². The van der Waals surface area contributed by atoms with Crippen molar-refractivity contribution in [2.75, 3.05) is 19.5 Å². The molecule has 2 aromatic carbocycles. The first-order valence-electron chi connectivity index (χ1n) is 6.93. The fourth-order valence-corrected chi connectivity index (χ4v) is 2.94. The number of halogens is 1. The van der Waals surface area contributed by atoms with Crippen molar-refractivity contribution >= 4 is 23.2 Å². The Kier molecular flexibility index (Phi) is 3.94. The number of amides is 1. The molecule has 0 fully saturated rings. The van der Waals surface area contributed by atoms with E-state index in [4.69, 9.17) is 21.1 Å². The standard InChI is InChI=1S/C17H16ClNO3/c1-21-12-4-6-16(22-2)10(7-12)8-14-13-9-11(18)3-5-15(13)19-17(14)20/h3-7,9,14H,8H2,1-2H3,(H,19,20)/t14-/m1/s1. The third kappa shape index (κ3) is 2.62. The molecule has 1 atom stereocenters. The van der Waals surface area contributed by atoms with Gasteiger partial charge in [0.2, 0.25) is 5.91 Å². The van der Waals surface area contributed by atoms with Crippen LogP contribution in [0, 0.1) is 0 Å². The molecule has 3 rings (SSSR count). The van der Waals surface area contributed by atoms with Gasteiger partial charge in [-0.1, -0.05) is 11.6 Å². The Labute approximate surface area is 134 Å². The molecule has 1 amide bonds. The quantitative estimate of drug-likeness (QED) is 0.936. The maximum Gasteiger partial charge on any atom is 0.232 e. The van der Waals surface area contributed by atoms with Gasteiger partial charge >= 0.3 is 0 Å². The Balaban J connectivity index is 1.97. The second-order valence-corrected chi connectivity index (χ2v) is 5.59. The van der Waals surface area contributed by atoms with E-state index in [1.807, 2.05) is 30.3 Å². The van der Waals surface area contributed by atoms with Gasteiger partial charge in [-0.2, -0.15) is 0 Å². The summed E-state index contributed by atoms with van der Waals surface area (Å²) in [7, 11) is 3.23. The molecule has 1 heterocycles. The summed E-state index contributed by atoms with van der Waals surface area (Å²) >= 11 is 6.06. The van der Waals surface area contributed by atoms with Crippen LogP contribution in [0.5, 0.6) is 11.5 Å². The fraction of sp³-hybridized carbons (Fsp3) is 0.235. The number of rotatable bonds is 4. The molecule has 0 bridgehead atoms. The molecule has 1 aliphatic heterocycles. The largest absolute Gasteiger partial charge is 0.497 e. The highest BCUT2D eigenvalue weighted by molar-refractivity contribution is 6.31. The number of benzene rings is 2. The predicted molar refractivity (Wildman–Crippen MR) is 86.1 cm³/mol. The first kappa shape index (κ1) is 14.7. The zero-order valence-corrected chi connectivity index (χ0v) is 13.1. The van der Waals surface area contributed by atoms with Crippen LogP contribution in [-0.2, 0) is 11.2 Å². The van der Waals surface area contributed by atoms with Crippen LogP contribution in [-0.4, -0.2) is 20.1 Å². The monoisotopic (exact) mass is 317 g/mol. The van der Waals surface area contributed by atoms with Crippen molar-refractivity contribution in [3.8, 4) is 11.5 Å². The minimum atomic E-state index is -0.283. The zero-order valence-electron chi connectivity index (χ0n) is 12.4. The minimum absolute atomic E-state index is 0.0258. The number of anilines is 1. The lowest BCUT2D eigenvalue weighted by Crippen LogP contribution is -2.14. The summed E-state index contributed by atoms with van der Waals surface area (Å²) in [6.45, 7) is 0. The van der Waals surface area contributed by atoms with Gasteiger partial charge < -0.3 is 14.8 Å². The maximum atomic E-state index is 12.3. The number of carbonyl (C=O) groups excluding carboxylic acids is 1. The van der Waals surface area contributed by atoms with Crippen molar-refractivity contribution in [2.24, 2.45) is 0 Å². The molecular weight excluding hydrogens is 302 g/mol. The van der Waals surface area contributed by atoms with Gasteiger partial charge in [0.15, 0.2) is 0 Å². The minimum Gasteiger partial charge on any atom is -0.497 e. The summed E-state index contributed by atoms with van der Waals surface area (Å²) < 4.78 is 10.6. The molecule has 0 spiro atoms. The van der Waals surface area contributed by atoms with Crippen LogP contribution in [0.1, 0.15) is 17.0 Å². The summed E-state index contributed by atoms with van der Waals surface area (Å²) in [5.41, 5.74) is 2.67. The second kappa shape index (κ2) is 5.89. The van der Waals surface area contributed by atoms with Crippen molar-refractivity contribution in [1.29, 1.82) is 0 Å². The van der Waals surface area contributed by atoms with E-state index in [1.54, 1.807) is 20.3 Å². The fourth-order valence-electron chi connectivity index (χ4n) is 2.76. The van der Waals surface area contributed by atoms with E-state index >= 15 is 0 Å². The average molecular weight is 318 g/mol.